The Balaban J connectivity index is 1.57. The number of benzene rings is 1. The number of amides is 1. The van der Waals surface area contributed by atoms with Crippen molar-refractivity contribution in [3.63, 3.8) is 0 Å². The number of carbonyl (C=O) groups excluding carboxylic acids is 1. The number of rotatable bonds is 5. The van der Waals surface area contributed by atoms with Crippen LogP contribution in [0, 0.1) is 24.2 Å². The number of hydrogen-bond donors (Lipinski definition) is 1. The zero-order valence-corrected chi connectivity index (χ0v) is 15.3. The highest BCUT2D eigenvalue weighted by molar-refractivity contribution is 5.80. The highest BCUT2D eigenvalue weighted by Crippen LogP contribution is 2.53. The first-order chi connectivity index (χ1) is 12.2. The van der Waals surface area contributed by atoms with Gasteiger partial charge in [-0.3, -0.25) is 4.79 Å². The minimum atomic E-state index is -4.32. The molecule has 1 amide bonds. The lowest BCUT2D eigenvalue weighted by atomic mass is 9.56. The van der Waals surface area contributed by atoms with Crippen LogP contribution >= 0.6 is 0 Å². The van der Waals surface area contributed by atoms with E-state index in [2.05, 4.69) is 0 Å². The summed E-state index contributed by atoms with van der Waals surface area (Å²) in [6.45, 7) is 4.62. The first-order valence-electron chi connectivity index (χ1n) is 9.24. The van der Waals surface area contributed by atoms with E-state index in [0.717, 1.165) is 12.8 Å². The van der Waals surface area contributed by atoms with Gasteiger partial charge in [0, 0.05) is 18.5 Å². The van der Waals surface area contributed by atoms with Gasteiger partial charge in [0.2, 0.25) is 5.91 Å². The molecule has 1 spiro atoms. The van der Waals surface area contributed by atoms with Crippen molar-refractivity contribution >= 4 is 5.91 Å². The molecule has 1 aliphatic heterocycles. The van der Waals surface area contributed by atoms with Gasteiger partial charge in [-0.2, -0.15) is 13.2 Å². The second-order valence-corrected chi connectivity index (χ2v) is 8.07. The Bertz CT molecular complexity index is 668. The number of aliphatic hydroxyl groups is 1. The third kappa shape index (κ3) is 3.48. The van der Waals surface area contributed by atoms with Gasteiger partial charge in [0.25, 0.3) is 0 Å². The van der Waals surface area contributed by atoms with Gasteiger partial charge in [0.15, 0.2) is 0 Å². The summed E-state index contributed by atoms with van der Waals surface area (Å²) in [5.74, 6) is -0.0815. The SMILES string of the molecule is CC[C@H](CO)C(=O)N1CC2(CC(Cc3cccc(C)c3C(F)(F)F)C2)C1. The summed E-state index contributed by atoms with van der Waals surface area (Å²) >= 11 is 0. The number of carbonyl (C=O) groups is 1. The molecule has 1 saturated heterocycles. The van der Waals surface area contributed by atoms with Crippen molar-refractivity contribution in [2.45, 2.75) is 45.7 Å². The number of aryl methyl sites for hydroxylation is 1. The Morgan fingerprint density at radius 2 is 2.00 bits per heavy atom. The average molecular weight is 369 g/mol. The molecule has 144 valence electrons. The van der Waals surface area contributed by atoms with E-state index in [0.29, 0.717) is 31.5 Å². The van der Waals surface area contributed by atoms with Crippen molar-refractivity contribution in [3.05, 3.63) is 34.9 Å². The minimum absolute atomic E-state index is 0.00196. The summed E-state index contributed by atoms with van der Waals surface area (Å²) in [7, 11) is 0. The predicted molar refractivity (Wildman–Crippen MR) is 92.5 cm³/mol. The van der Waals surface area contributed by atoms with Gasteiger partial charge in [-0.15, -0.1) is 0 Å². The summed E-state index contributed by atoms with van der Waals surface area (Å²) in [6, 6.07) is 4.79. The molecule has 6 heteroatoms. The lowest BCUT2D eigenvalue weighted by Crippen LogP contribution is -2.65. The number of nitrogens with zero attached hydrogens (tertiary/aromatic N) is 1. The molecule has 1 atom stereocenters. The van der Waals surface area contributed by atoms with Crippen molar-refractivity contribution < 1.29 is 23.1 Å². The number of aliphatic hydroxyl groups excluding tert-OH is 1. The van der Waals surface area contributed by atoms with E-state index in [1.54, 1.807) is 17.0 Å². The van der Waals surface area contributed by atoms with Gasteiger partial charge >= 0.3 is 6.18 Å². The summed E-state index contributed by atoms with van der Waals surface area (Å²) in [5.41, 5.74) is 0.270. The van der Waals surface area contributed by atoms with Crippen molar-refractivity contribution in [2.24, 2.45) is 17.3 Å². The van der Waals surface area contributed by atoms with Gasteiger partial charge < -0.3 is 10.0 Å². The van der Waals surface area contributed by atoms with Crippen molar-refractivity contribution in [2.75, 3.05) is 19.7 Å². The lowest BCUT2D eigenvalue weighted by molar-refractivity contribution is -0.161. The number of likely N-dealkylation sites (tertiary alicyclic amines) is 1. The Morgan fingerprint density at radius 1 is 1.35 bits per heavy atom. The second-order valence-electron chi connectivity index (χ2n) is 8.07. The van der Waals surface area contributed by atoms with Gasteiger partial charge in [-0.25, -0.2) is 0 Å². The van der Waals surface area contributed by atoms with Crippen molar-refractivity contribution in [1.82, 2.24) is 4.90 Å². The van der Waals surface area contributed by atoms with Crippen LogP contribution < -0.4 is 0 Å². The molecule has 1 aromatic carbocycles. The van der Waals surface area contributed by atoms with Crippen LogP contribution in [0.3, 0.4) is 0 Å². The molecule has 2 fully saturated rings. The smallest absolute Gasteiger partial charge is 0.396 e. The summed E-state index contributed by atoms with van der Waals surface area (Å²) in [4.78, 5) is 14.0. The van der Waals surface area contributed by atoms with Crippen LogP contribution in [-0.4, -0.2) is 35.6 Å². The zero-order chi connectivity index (χ0) is 19.1. The molecule has 2 aliphatic rings. The van der Waals surface area contributed by atoms with Gasteiger partial charge in [0.05, 0.1) is 18.1 Å². The normalized spacial score (nSPS) is 20.6. The van der Waals surface area contributed by atoms with Crippen LogP contribution in [0.1, 0.15) is 42.9 Å². The van der Waals surface area contributed by atoms with E-state index in [1.807, 2.05) is 6.92 Å². The van der Waals surface area contributed by atoms with E-state index in [4.69, 9.17) is 0 Å². The molecule has 0 radical (unpaired) electrons. The molecule has 1 N–H and O–H groups in total. The molecule has 1 saturated carbocycles. The number of hydrogen-bond acceptors (Lipinski definition) is 2. The first-order valence-corrected chi connectivity index (χ1v) is 9.24. The maximum atomic E-state index is 13.3. The largest absolute Gasteiger partial charge is 0.416 e. The van der Waals surface area contributed by atoms with E-state index in [1.165, 1.54) is 13.0 Å². The Morgan fingerprint density at radius 3 is 2.54 bits per heavy atom. The lowest BCUT2D eigenvalue weighted by Gasteiger charge is -2.59. The Hall–Kier alpha value is -1.56. The van der Waals surface area contributed by atoms with Gasteiger partial charge in [-0.1, -0.05) is 25.1 Å². The maximum absolute atomic E-state index is 13.3. The molecule has 1 aliphatic carbocycles. The number of halogens is 3. The molecule has 0 aromatic heterocycles. The minimum Gasteiger partial charge on any atom is -0.396 e. The maximum Gasteiger partial charge on any atom is 0.416 e. The molecule has 1 aromatic rings. The van der Waals surface area contributed by atoms with Crippen LogP contribution in [-0.2, 0) is 17.4 Å². The quantitative estimate of drug-likeness (QED) is 0.857. The summed E-state index contributed by atoms with van der Waals surface area (Å²) < 4.78 is 40.0. The Kier molecular flexibility index (Phi) is 5.08. The van der Waals surface area contributed by atoms with E-state index >= 15 is 0 Å². The summed E-state index contributed by atoms with van der Waals surface area (Å²) in [5, 5.41) is 9.25. The van der Waals surface area contributed by atoms with Gasteiger partial charge in [-0.05, 0) is 49.7 Å². The Labute approximate surface area is 152 Å². The van der Waals surface area contributed by atoms with Crippen molar-refractivity contribution in [3.8, 4) is 0 Å². The van der Waals surface area contributed by atoms with Crippen LogP contribution in [0.25, 0.3) is 0 Å². The fourth-order valence-corrected chi connectivity index (χ4v) is 4.74. The predicted octanol–water partition coefficient (Wildman–Crippen LogP) is 3.81. The first kappa shape index (κ1) is 19.2. The van der Waals surface area contributed by atoms with Crippen LogP contribution in [0.5, 0.6) is 0 Å². The summed E-state index contributed by atoms with van der Waals surface area (Å²) in [6.07, 6.45) is -1.51. The highest BCUT2D eigenvalue weighted by Gasteiger charge is 2.54. The molecule has 0 unspecified atom stereocenters. The van der Waals surface area contributed by atoms with Crippen molar-refractivity contribution in [1.29, 1.82) is 0 Å². The van der Waals surface area contributed by atoms with Crippen LogP contribution in [0.15, 0.2) is 18.2 Å². The van der Waals surface area contributed by atoms with E-state index in [9.17, 15) is 23.1 Å². The molecule has 1 heterocycles. The third-order valence-electron chi connectivity index (χ3n) is 6.02. The molecule has 26 heavy (non-hydrogen) atoms. The fourth-order valence-electron chi connectivity index (χ4n) is 4.74. The van der Waals surface area contributed by atoms with E-state index in [-0.39, 0.29) is 35.3 Å². The van der Waals surface area contributed by atoms with Gasteiger partial charge in [0.1, 0.15) is 0 Å². The molecule has 0 bridgehead atoms. The molecule has 3 rings (SSSR count). The highest BCUT2D eigenvalue weighted by atomic mass is 19.4. The zero-order valence-electron chi connectivity index (χ0n) is 15.3. The topological polar surface area (TPSA) is 40.5 Å². The average Bonchev–Trinajstić information content (AvgIpc) is 2.48. The molecular formula is C20H26F3NO2. The fraction of sp³-hybridized carbons (Fsp3) is 0.650. The van der Waals surface area contributed by atoms with Crippen LogP contribution in [0.4, 0.5) is 13.2 Å². The second kappa shape index (κ2) is 6.87. The standard InChI is InChI=1S/C20H26F3NO2/c1-3-15(10-25)18(26)24-11-19(12-24)8-14(9-19)7-16-6-4-5-13(2)17(16)20(21,22)23/h4-6,14-15,25H,3,7-12H2,1-2H3/t15-/m1/s1. The molecular weight excluding hydrogens is 343 g/mol. The van der Waals surface area contributed by atoms with E-state index < -0.39 is 11.7 Å². The monoisotopic (exact) mass is 369 g/mol. The molecule has 3 nitrogen and oxygen atoms in total. The van der Waals surface area contributed by atoms with Crippen LogP contribution in [0.2, 0.25) is 0 Å². The number of alkyl halides is 3. The third-order valence-corrected chi connectivity index (χ3v) is 6.02.